The average Bonchev–Trinajstić information content (AvgIpc) is 2.30. The molecule has 0 aromatic heterocycles. The molecular formula is C13H17NO2. The van der Waals surface area contributed by atoms with Gasteiger partial charge < -0.3 is 10.4 Å². The fourth-order valence-corrected chi connectivity index (χ4v) is 2.28. The van der Waals surface area contributed by atoms with Gasteiger partial charge in [-0.1, -0.05) is 30.3 Å². The number of piperidine rings is 1. The molecule has 2 N–H and O–H groups in total. The van der Waals surface area contributed by atoms with Crippen molar-refractivity contribution in [3.8, 4) is 0 Å². The second-order valence-electron chi connectivity index (χ2n) is 4.40. The summed E-state index contributed by atoms with van der Waals surface area (Å²) in [6, 6.07) is 10.5. The van der Waals surface area contributed by atoms with Gasteiger partial charge in [0.25, 0.3) is 0 Å². The molecule has 86 valence electrons. The van der Waals surface area contributed by atoms with E-state index in [0.29, 0.717) is 6.04 Å². The molecule has 0 bridgehead atoms. The summed E-state index contributed by atoms with van der Waals surface area (Å²) in [5.41, 5.74) is 1.27. The van der Waals surface area contributed by atoms with Crippen molar-refractivity contribution in [1.82, 2.24) is 5.32 Å². The maximum atomic E-state index is 10.9. The van der Waals surface area contributed by atoms with E-state index < -0.39 is 5.97 Å². The zero-order valence-corrected chi connectivity index (χ0v) is 9.23. The number of hydrogen-bond donors (Lipinski definition) is 2. The Morgan fingerprint density at radius 2 is 2.12 bits per heavy atom. The predicted octanol–water partition coefficient (Wildman–Crippen LogP) is 1.68. The largest absolute Gasteiger partial charge is 0.481 e. The van der Waals surface area contributed by atoms with E-state index in [-0.39, 0.29) is 5.92 Å². The van der Waals surface area contributed by atoms with Crippen molar-refractivity contribution in [2.24, 2.45) is 5.92 Å². The molecule has 2 rings (SSSR count). The molecule has 2 atom stereocenters. The van der Waals surface area contributed by atoms with Crippen LogP contribution in [0.4, 0.5) is 0 Å². The average molecular weight is 219 g/mol. The molecule has 0 saturated carbocycles. The van der Waals surface area contributed by atoms with Gasteiger partial charge in [0.1, 0.15) is 0 Å². The molecule has 16 heavy (non-hydrogen) atoms. The Kier molecular flexibility index (Phi) is 3.57. The highest BCUT2D eigenvalue weighted by atomic mass is 16.4. The van der Waals surface area contributed by atoms with E-state index in [1.807, 2.05) is 18.2 Å². The number of benzene rings is 1. The molecule has 2 unspecified atom stereocenters. The van der Waals surface area contributed by atoms with E-state index in [1.54, 1.807) is 0 Å². The van der Waals surface area contributed by atoms with Crippen LogP contribution in [0.5, 0.6) is 0 Å². The fraction of sp³-hybridized carbons (Fsp3) is 0.462. The second kappa shape index (κ2) is 5.12. The lowest BCUT2D eigenvalue weighted by Crippen LogP contribution is -2.41. The number of nitrogens with one attached hydrogen (secondary N) is 1. The van der Waals surface area contributed by atoms with Gasteiger partial charge in [0.2, 0.25) is 0 Å². The summed E-state index contributed by atoms with van der Waals surface area (Å²) in [6.45, 7) is 0.814. The van der Waals surface area contributed by atoms with Crippen LogP contribution >= 0.6 is 0 Å². The number of carbonyl (C=O) groups is 1. The summed E-state index contributed by atoms with van der Waals surface area (Å²) >= 11 is 0. The molecule has 1 aliphatic heterocycles. The highest BCUT2D eigenvalue weighted by molar-refractivity contribution is 5.70. The SMILES string of the molecule is O=C(O)C1CCNC(Cc2ccccc2)C1. The van der Waals surface area contributed by atoms with Crippen molar-refractivity contribution in [3.05, 3.63) is 35.9 Å². The summed E-state index contributed by atoms with van der Waals surface area (Å²) < 4.78 is 0. The predicted molar refractivity (Wildman–Crippen MR) is 62.3 cm³/mol. The van der Waals surface area contributed by atoms with Crippen LogP contribution < -0.4 is 5.32 Å². The van der Waals surface area contributed by atoms with Crippen LogP contribution in [-0.4, -0.2) is 23.7 Å². The smallest absolute Gasteiger partial charge is 0.306 e. The van der Waals surface area contributed by atoms with Crippen LogP contribution in [0.2, 0.25) is 0 Å². The Morgan fingerprint density at radius 1 is 1.38 bits per heavy atom. The van der Waals surface area contributed by atoms with Gasteiger partial charge in [0.05, 0.1) is 5.92 Å². The Balaban J connectivity index is 1.93. The highest BCUT2D eigenvalue weighted by Crippen LogP contribution is 2.19. The van der Waals surface area contributed by atoms with Gasteiger partial charge in [0.15, 0.2) is 0 Å². The van der Waals surface area contributed by atoms with Gasteiger partial charge in [-0.25, -0.2) is 0 Å². The van der Waals surface area contributed by atoms with Gasteiger partial charge >= 0.3 is 5.97 Å². The summed E-state index contributed by atoms with van der Waals surface area (Å²) in [5.74, 6) is -0.825. The molecular weight excluding hydrogens is 202 g/mol. The number of carboxylic acid groups (broad SMARTS) is 1. The molecule has 1 aromatic rings. The van der Waals surface area contributed by atoms with Crippen LogP contribution in [0.1, 0.15) is 18.4 Å². The van der Waals surface area contributed by atoms with E-state index in [9.17, 15) is 4.79 Å². The Bertz CT molecular complexity index is 350. The molecule has 0 radical (unpaired) electrons. The fourth-order valence-electron chi connectivity index (χ4n) is 2.28. The van der Waals surface area contributed by atoms with Crippen LogP contribution in [0.15, 0.2) is 30.3 Å². The molecule has 1 heterocycles. The molecule has 1 saturated heterocycles. The van der Waals surface area contributed by atoms with Crippen LogP contribution in [0, 0.1) is 5.92 Å². The van der Waals surface area contributed by atoms with Crippen molar-refractivity contribution < 1.29 is 9.90 Å². The van der Waals surface area contributed by atoms with Crippen LogP contribution in [0.25, 0.3) is 0 Å². The first kappa shape index (κ1) is 11.1. The molecule has 1 fully saturated rings. The maximum absolute atomic E-state index is 10.9. The van der Waals surface area contributed by atoms with Crippen molar-refractivity contribution in [2.45, 2.75) is 25.3 Å². The second-order valence-corrected chi connectivity index (χ2v) is 4.40. The van der Waals surface area contributed by atoms with E-state index >= 15 is 0 Å². The molecule has 0 aliphatic carbocycles. The lowest BCUT2D eigenvalue weighted by atomic mass is 9.89. The van der Waals surface area contributed by atoms with Gasteiger partial charge in [-0.05, 0) is 31.4 Å². The summed E-state index contributed by atoms with van der Waals surface area (Å²) in [7, 11) is 0. The summed E-state index contributed by atoms with van der Waals surface area (Å²) in [5, 5.41) is 12.4. The minimum Gasteiger partial charge on any atom is -0.481 e. The topological polar surface area (TPSA) is 49.3 Å². The minimum atomic E-state index is -0.653. The van der Waals surface area contributed by atoms with Gasteiger partial charge in [-0.15, -0.1) is 0 Å². The van der Waals surface area contributed by atoms with Gasteiger partial charge in [-0.3, -0.25) is 4.79 Å². The highest BCUT2D eigenvalue weighted by Gasteiger charge is 2.26. The number of carboxylic acids is 1. The zero-order valence-electron chi connectivity index (χ0n) is 9.23. The van der Waals surface area contributed by atoms with E-state index in [0.717, 1.165) is 25.8 Å². The first-order chi connectivity index (χ1) is 7.75. The standard InChI is InChI=1S/C13H17NO2/c15-13(16)11-6-7-14-12(9-11)8-10-4-2-1-3-5-10/h1-5,11-12,14H,6-9H2,(H,15,16). The number of rotatable bonds is 3. The summed E-state index contributed by atoms with van der Waals surface area (Å²) in [4.78, 5) is 10.9. The van der Waals surface area contributed by atoms with E-state index in [1.165, 1.54) is 5.56 Å². The Morgan fingerprint density at radius 3 is 2.81 bits per heavy atom. The van der Waals surface area contributed by atoms with Crippen molar-refractivity contribution in [1.29, 1.82) is 0 Å². The third kappa shape index (κ3) is 2.83. The summed E-state index contributed by atoms with van der Waals surface area (Å²) in [6.07, 6.45) is 2.41. The van der Waals surface area contributed by atoms with E-state index in [4.69, 9.17) is 5.11 Å². The van der Waals surface area contributed by atoms with Crippen molar-refractivity contribution >= 4 is 5.97 Å². The quantitative estimate of drug-likeness (QED) is 0.813. The first-order valence-electron chi connectivity index (χ1n) is 5.76. The van der Waals surface area contributed by atoms with Crippen molar-refractivity contribution in [3.63, 3.8) is 0 Å². The minimum absolute atomic E-state index is 0.171. The zero-order chi connectivity index (χ0) is 11.4. The third-order valence-corrected chi connectivity index (χ3v) is 3.17. The Hall–Kier alpha value is -1.35. The van der Waals surface area contributed by atoms with Crippen molar-refractivity contribution in [2.75, 3.05) is 6.54 Å². The van der Waals surface area contributed by atoms with Gasteiger partial charge in [-0.2, -0.15) is 0 Å². The first-order valence-corrected chi connectivity index (χ1v) is 5.76. The van der Waals surface area contributed by atoms with Crippen LogP contribution in [0.3, 0.4) is 0 Å². The van der Waals surface area contributed by atoms with Crippen LogP contribution in [-0.2, 0) is 11.2 Å². The molecule has 1 aliphatic rings. The lowest BCUT2D eigenvalue weighted by molar-refractivity contribution is -0.142. The number of aliphatic carboxylic acids is 1. The monoisotopic (exact) mass is 219 g/mol. The molecule has 0 amide bonds. The molecule has 3 heteroatoms. The molecule has 3 nitrogen and oxygen atoms in total. The van der Waals surface area contributed by atoms with Gasteiger partial charge in [0, 0.05) is 6.04 Å². The third-order valence-electron chi connectivity index (χ3n) is 3.17. The molecule has 0 spiro atoms. The normalized spacial score (nSPS) is 25.2. The number of hydrogen-bond acceptors (Lipinski definition) is 2. The lowest BCUT2D eigenvalue weighted by Gasteiger charge is -2.28. The Labute approximate surface area is 95.5 Å². The molecule has 1 aromatic carbocycles. The van der Waals surface area contributed by atoms with E-state index in [2.05, 4.69) is 17.4 Å². The maximum Gasteiger partial charge on any atom is 0.306 e.